The van der Waals surface area contributed by atoms with Crippen LogP contribution in [0.5, 0.6) is 0 Å². The van der Waals surface area contributed by atoms with Crippen LogP contribution in [0.3, 0.4) is 0 Å². The first kappa shape index (κ1) is 11.4. The van der Waals surface area contributed by atoms with Gasteiger partial charge in [0.25, 0.3) is 0 Å². The normalized spacial score (nSPS) is 30.3. The second-order valence-electron chi connectivity index (χ2n) is 4.33. The molecule has 82 valence electrons. The van der Waals surface area contributed by atoms with Gasteiger partial charge in [-0.1, -0.05) is 0 Å². The molecular weight excluding hydrogens is 186 g/mol. The Bertz CT molecular complexity index is 223. The molecule has 0 saturated carbocycles. The van der Waals surface area contributed by atoms with Crippen molar-refractivity contribution in [3.8, 4) is 0 Å². The van der Waals surface area contributed by atoms with Gasteiger partial charge in [-0.15, -0.1) is 0 Å². The second-order valence-corrected chi connectivity index (χ2v) is 4.33. The lowest BCUT2D eigenvalue weighted by Crippen LogP contribution is -2.55. The number of likely N-dealkylation sites (N-methyl/N-ethyl adjacent to an activating group) is 1. The van der Waals surface area contributed by atoms with E-state index in [4.69, 9.17) is 9.84 Å². The summed E-state index contributed by atoms with van der Waals surface area (Å²) in [5, 5.41) is 18.5. The van der Waals surface area contributed by atoms with E-state index in [0.717, 1.165) is 0 Å². The number of morpholine rings is 1. The van der Waals surface area contributed by atoms with E-state index in [1.54, 1.807) is 13.8 Å². The van der Waals surface area contributed by atoms with Gasteiger partial charge in [0.05, 0.1) is 11.7 Å². The van der Waals surface area contributed by atoms with E-state index in [1.165, 1.54) is 0 Å². The number of nitrogens with zero attached hydrogens (tertiary/aromatic N) is 1. The molecule has 1 aliphatic heterocycles. The van der Waals surface area contributed by atoms with Crippen LogP contribution in [0.4, 0.5) is 0 Å². The van der Waals surface area contributed by atoms with Crippen molar-refractivity contribution < 1.29 is 19.7 Å². The van der Waals surface area contributed by atoms with E-state index in [2.05, 4.69) is 0 Å². The zero-order chi connectivity index (χ0) is 10.9. The maximum absolute atomic E-state index is 10.7. The third-order valence-corrected chi connectivity index (χ3v) is 2.35. The van der Waals surface area contributed by atoms with Crippen molar-refractivity contribution in [1.82, 2.24) is 4.90 Å². The van der Waals surface area contributed by atoms with Crippen molar-refractivity contribution in [2.75, 3.05) is 20.1 Å². The van der Waals surface area contributed by atoms with Crippen LogP contribution in [0, 0.1) is 0 Å². The fraction of sp³-hybridized carbons (Fsp3) is 0.889. The van der Waals surface area contributed by atoms with Crippen LogP contribution in [-0.4, -0.2) is 59.0 Å². The van der Waals surface area contributed by atoms with Gasteiger partial charge in [0, 0.05) is 13.1 Å². The fourth-order valence-corrected chi connectivity index (χ4v) is 1.45. The summed E-state index contributed by atoms with van der Waals surface area (Å²) in [6.07, 6.45) is -1.30. The minimum atomic E-state index is -1.01. The number of hydrogen-bond acceptors (Lipinski definition) is 4. The number of carboxylic acids is 1. The van der Waals surface area contributed by atoms with Crippen LogP contribution in [0.1, 0.15) is 13.8 Å². The molecule has 1 rings (SSSR count). The van der Waals surface area contributed by atoms with E-state index >= 15 is 0 Å². The van der Waals surface area contributed by atoms with E-state index < -0.39 is 23.8 Å². The van der Waals surface area contributed by atoms with Gasteiger partial charge in [0.15, 0.2) is 6.10 Å². The third kappa shape index (κ3) is 2.67. The summed E-state index contributed by atoms with van der Waals surface area (Å²) in [6.45, 7) is 4.15. The maximum Gasteiger partial charge on any atom is 0.334 e. The lowest BCUT2D eigenvalue weighted by Gasteiger charge is -2.39. The van der Waals surface area contributed by atoms with Crippen molar-refractivity contribution in [3.05, 3.63) is 0 Å². The highest BCUT2D eigenvalue weighted by atomic mass is 16.5. The van der Waals surface area contributed by atoms with E-state index in [0.29, 0.717) is 13.1 Å². The second kappa shape index (κ2) is 3.84. The fourth-order valence-electron chi connectivity index (χ4n) is 1.45. The van der Waals surface area contributed by atoms with Crippen LogP contribution in [-0.2, 0) is 9.53 Å². The van der Waals surface area contributed by atoms with E-state index in [-0.39, 0.29) is 0 Å². The predicted molar refractivity (Wildman–Crippen MR) is 50.1 cm³/mol. The van der Waals surface area contributed by atoms with Gasteiger partial charge in [-0.3, -0.25) is 0 Å². The predicted octanol–water partition coefficient (Wildman–Crippen LogP) is -0.459. The molecule has 0 amide bonds. The minimum Gasteiger partial charge on any atom is -0.479 e. The first-order chi connectivity index (χ1) is 6.30. The lowest BCUT2D eigenvalue weighted by atomic mass is 9.99. The molecule has 1 fully saturated rings. The summed E-state index contributed by atoms with van der Waals surface area (Å²) >= 11 is 0. The van der Waals surface area contributed by atoms with Gasteiger partial charge >= 0.3 is 5.97 Å². The molecule has 0 aromatic heterocycles. The Kier molecular flexibility index (Phi) is 3.14. The standard InChI is InChI=1S/C9H17NO4/c1-9(2,13)7-5-10(3)4-6(14-7)8(11)12/h6-7,13H,4-5H2,1-3H3,(H,11,12)/t6-,7+/m1/s1. The van der Waals surface area contributed by atoms with Crippen LogP contribution in [0.15, 0.2) is 0 Å². The van der Waals surface area contributed by atoms with Gasteiger partial charge in [0.1, 0.15) is 0 Å². The van der Waals surface area contributed by atoms with E-state index in [1.807, 2.05) is 11.9 Å². The molecule has 0 unspecified atom stereocenters. The molecule has 1 aliphatic rings. The molecule has 2 N–H and O–H groups in total. The molecule has 0 spiro atoms. The lowest BCUT2D eigenvalue weighted by molar-refractivity contribution is -0.183. The van der Waals surface area contributed by atoms with Crippen molar-refractivity contribution >= 4 is 5.97 Å². The molecule has 0 radical (unpaired) electrons. The molecule has 0 aliphatic carbocycles. The highest BCUT2D eigenvalue weighted by Gasteiger charge is 2.37. The zero-order valence-electron chi connectivity index (χ0n) is 8.73. The molecule has 0 aromatic carbocycles. The van der Waals surface area contributed by atoms with E-state index in [9.17, 15) is 9.90 Å². The van der Waals surface area contributed by atoms with Gasteiger partial charge in [-0.05, 0) is 20.9 Å². The number of aliphatic carboxylic acids is 1. The number of rotatable bonds is 2. The van der Waals surface area contributed by atoms with Crippen molar-refractivity contribution in [1.29, 1.82) is 0 Å². The van der Waals surface area contributed by atoms with Crippen molar-refractivity contribution in [2.45, 2.75) is 31.7 Å². The first-order valence-electron chi connectivity index (χ1n) is 4.60. The summed E-state index contributed by atoms with van der Waals surface area (Å²) in [5.74, 6) is -0.981. The van der Waals surface area contributed by atoms with Crippen LogP contribution in [0.25, 0.3) is 0 Å². The number of carbonyl (C=O) groups is 1. The smallest absolute Gasteiger partial charge is 0.334 e. The Hall–Kier alpha value is -0.650. The van der Waals surface area contributed by atoms with Gasteiger partial charge in [-0.2, -0.15) is 0 Å². The maximum atomic E-state index is 10.7. The Labute approximate surface area is 83.3 Å². The average molecular weight is 203 g/mol. The van der Waals surface area contributed by atoms with Crippen LogP contribution < -0.4 is 0 Å². The molecule has 5 nitrogen and oxygen atoms in total. The summed E-state index contributed by atoms with van der Waals surface area (Å²) < 4.78 is 5.29. The number of ether oxygens (including phenoxy) is 1. The summed E-state index contributed by atoms with van der Waals surface area (Å²) in [6, 6.07) is 0. The average Bonchev–Trinajstić information content (AvgIpc) is 2.01. The largest absolute Gasteiger partial charge is 0.479 e. The molecule has 1 heterocycles. The SMILES string of the molecule is CN1C[C@@H](C(C)(C)O)O[C@@H](C(=O)O)C1. The molecule has 0 bridgehead atoms. The summed E-state index contributed by atoms with van der Waals surface area (Å²) in [4.78, 5) is 12.6. The number of hydrogen-bond donors (Lipinski definition) is 2. The van der Waals surface area contributed by atoms with Crippen LogP contribution >= 0.6 is 0 Å². The minimum absolute atomic E-state index is 0.363. The molecule has 0 aromatic rings. The molecule has 1 saturated heterocycles. The topological polar surface area (TPSA) is 70.0 Å². The molecule has 5 heteroatoms. The quantitative estimate of drug-likeness (QED) is 0.635. The molecule has 14 heavy (non-hydrogen) atoms. The van der Waals surface area contributed by atoms with Crippen molar-refractivity contribution in [3.63, 3.8) is 0 Å². The highest BCUT2D eigenvalue weighted by Crippen LogP contribution is 2.20. The summed E-state index contributed by atoms with van der Waals surface area (Å²) in [7, 11) is 1.82. The first-order valence-corrected chi connectivity index (χ1v) is 4.60. The third-order valence-electron chi connectivity index (χ3n) is 2.35. The number of aliphatic hydroxyl groups is 1. The molecule has 2 atom stereocenters. The Morgan fingerprint density at radius 2 is 2.07 bits per heavy atom. The Morgan fingerprint density at radius 1 is 1.50 bits per heavy atom. The monoisotopic (exact) mass is 203 g/mol. The Balaban J connectivity index is 2.68. The number of carboxylic acid groups (broad SMARTS) is 1. The highest BCUT2D eigenvalue weighted by molar-refractivity contribution is 5.72. The van der Waals surface area contributed by atoms with Gasteiger partial charge in [0.2, 0.25) is 0 Å². The Morgan fingerprint density at radius 3 is 2.50 bits per heavy atom. The molecular formula is C9H17NO4. The van der Waals surface area contributed by atoms with Gasteiger partial charge < -0.3 is 19.8 Å². The van der Waals surface area contributed by atoms with Gasteiger partial charge in [-0.25, -0.2) is 4.79 Å². The zero-order valence-corrected chi connectivity index (χ0v) is 8.73. The van der Waals surface area contributed by atoms with Crippen molar-refractivity contribution in [2.24, 2.45) is 0 Å². The van der Waals surface area contributed by atoms with Crippen LogP contribution in [0.2, 0.25) is 0 Å². The summed E-state index contributed by atoms with van der Waals surface area (Å²) in [5.41, 5.74) is -1.01.